The van der Waals surface area contributed by atoms with Crippen molar-refractivity contribution in [2.75, 3.05) is 11.1 Å². The molecule has 1 aromatic carbocycles. The van der Waals surface area contributed by atoms with Gasteiger partial charge in [-0.3, -0.25) is 14.9 Å². The van der Waals surface area contributed by atoms with E-state index in [-0.39, 0.29) is 23.0 Å². The van der Waals surface area contributed by atoms with E-state index in [0.717, 1.165) is 36.8 Å². The van der Waals surface area contributed by atoms with Crippen molar-refractivity contribution in [3.63, 3.8) is 0 Å². The fourth-order valence-electron chi connectivity index (χ4n) is 2.62. The summed E-state index contributed by atoms with van der Waals surface area (Å²) < 4.78 is 2.07. The van der Waals surface area contributed by atoms with Gasteiger partial charge in [-0.2, -0.15) is 0 Å². The number of hydrogen-bond donors (Lipinski definition) is 1. The van der Waals surface area contributed by atoms with E-state index >= 15 is 0 Å². The molecular formula is C15H17N5O3S. The van der Waals surface area contributed by atoms with Crippen LogP contribution in [0.3, 0.4) is 0 Å². The molecule has 0 atom stereocenters. The number of nitrogens with zero attached hydrogens (tertiary/aromatic N) is 4. The monoisotopic (exact) mass is 347 g/mol. The number of amides is 1. The molecule has 1 aromatic heterocycles. The predicted molar refractivity (Wildman–Crippen MR) is 90.0 cm³/mol. The van der Waals surface area contributed by atoms with Gasteiger partial charge >= 0.3 is 0 Å². The van der Waals surface area contributed by atoms with Gasteiger partial charge in [-0.25, -0.2) is 0 Å². The minimum Gasteiger partial charge on any atom is -0.320 e. The van der Waals surface area contributed by atoms with Crippen LogP contribution >= 0.6 is 11.8 Å². The molecule has 3 rings (SSSR count). The number of hydrogen-bond acceptors (Lipinski definition) is 6. The summed E-state index contributed by atoms with van der Waals surface area (Å²) in [7, 11) is 0. The summed E-state index contributed by atoms with van der Waals surface area (Å²) in [5, 5.41) is 22.6. The third kappa shape index (κ3) is 3.73. The Labute approximate surface area is 142 Å². The Morgan fingerprint density at radius 2 is 2.12 bits per heavy atom. The Morgan fingerprint density at radius 3 is 2.96 bits per heavy atom. The number of nitro groups is 1. The van der Waals surface area contributed by atoms with Gasteiger partial charge in [-0.05, 0) is 18.9 Å². The lowest BCUT2D eigenvalue weighted by Crippen LogP contribution is -2.15. The second kappa shape index (κ2) is 7.43. The average molecular weight is 347 g/mol. The number of aryl methyl sites for hydroxylation is 1. The molecule has 1 aliphatic heterocycles. The van der Waals surface area contributed by atoms with Crippen LogP contribution in [0.2, 0.25) is 0 Å². The first-order chi connectivity index (χ1) is 11.6. The van der Waals surface area contributed by atoms with Gasteiger partial charge in [0, 0.05) is 19.0 Å². The number of carbonyl (C=O) groups excluding carboxylic acids is 1. The number of nitrogens with one attached hydrogen (secondary N) is 1. The van der Waals surface area contributed by atoms with Crippen LogP contribution in [0.5, 0.6) is 0 Å². The number of carbonyl (C=O) groups is 1. The van der Waals surface area contributed by atoms with Crippen molar-refractivity contribution >= 4 is 29.0 Å². The Bertz CT molecular complexity index is 761. The molecule has 0 fully saturated rings. The number of anilines is 1. The minimum absolute atomic E-state index is 0.118. The molecule has 0 saturated heterocycles. The molecule has 9 heteroatoms. The zero-order valence-corrected chi connectivity index (χ0v) is 13.8. The molecule has 126 valence electrons. The van der Waals surface area contributed by atoms with E-state index < -0.39 is 4.92 Å². The molecular weight excluding hydrogens is 330 g/mol. The molecule has 0 radical (unpaired) electrons. The second-order valence-electron chi connectivity index (χ2n) is 5.47. The molecule has 0 spiro atoms. The standard InChI is InChI=1S/C15H17N5O3S/c21-14(16-11-6-3-4-7-12(11)20(22)23)10-24-15-18-17-13-8-2-1-5-9-19(13)15/h3-4,6-7H,1-2,5,8-10H2,(H,16,21). The van der Waals surface area contributed by atoms with Gasteiger partial charge in [0.05, 0.1) is 10.7 Å². The highest BCUT2D eigenvalue weighted by Gasteiger charge is 2.18. The van der Waals surface area contributed by atoms with Crippen molar-refractivity contribution < 1.29 is 9.72 Å². The summed E-state index contributed by atoms with van der Waals surface area (Å²) in [5.41, 5.74) is 0.0837. The average Bonchev–Trinajstić information content (AvgIpc) is 2.80. The molecule has 0 bridgehead atoms. The third-order valence-electron chi connectivity index (χ3n) is 3.78. The van der Waals surface area contributed by atoms with Gasteiger partial charge < -0.3 is 9.88 Å². The van der Waals surface area contributed by atoms with Gasteiger partial charge in [0.2, 0.25) is 5.91 Å². The lowest BCUT2D eigenvalue weighted by molar-refractivity contribution is -0.383. The molecule has 0 unspecified atom stereocenters. The summed E-state index contributed by atoms with van der Waals surface area (Å²) >= 11 is 1.30. The van der Waals surface area contributed by atoms with Gasteiger partial charge in [0.25, 0.3) is 5.69 Å². The quantitative estimate of drug-likeness (QED) is 0.507. The van der Waals surface area contributed by atoms with Gasteiger partial charge in [-0.15, -0.1) is 10.2 Å². The summed E-state index contributed by atoms with van der Waals surface area (Å²) in [4.78, 5) is 22.6. The number of thioether (sulfide) groups is 1. The van der Waals surface area contributed by atoms with Crippen molar-refractivity contribution in [2.24, 2.45) is 0 Å². The second-order valence-corrected chi connectivity index (χ2v) is 6.41. The Morgan fingerprint density at radius 1 is 1.29 bits per heavy atom. The van der Waals surface area contributed by atoms with Crippen LogP contribution in [0.1, 0.15) is 25.1 Å². The molecule has 1 amide bonds. The first-order valence-electron chi connectivity index (χ1n) is 7.73. The van der Waals surface area contributed by atoms with Crippen LogP contribution in [0.25, 0.3) is 0 Å². The normalized spacial score (nSPS) is 13.8. The van der Waals surface area contributed by atoms with E-state index in [1.807, 2.05) is 0 Å². The lowest BCUT2D eigenvalue weighted by atomic mass is 10.2. The topological polar surface area (TPSA) is 103 Å². The maximum Gasteiger partial charge on any atom is 0.292 e. The summed E-state index contributed by atoms with van der Waals surface area (Å²) in [6, 6.07) is 6.09. The molecule has 0 saturated carbocycles. The van der Waals surface area contributed by atoms with Crippen LogP contribution in [-0.4, -0.2) is 31.3 Å². The first kappa shape index (κ1) is 16.4. The molecule has 1 N–H and O–H groups in total. The van der Waals surface area contributed by atoms with Crippen molar-refractivity contribution in [1.82, 2.24) is 14.8 Å². The summed E-state index contributed by atoms with van der Waals surface area (Å²) in [6.45, 7) is 0.871. The number of fused-ring (bicyclic) bond motifs is 1. The number of nitro benzene ring substituents is 1. The van der Waals surface area contributed by atoms with E-state index in [9.17, 15) is 14.9 Å². The van der Waals surface area contributed by atoms with Crippen LogP contribution in [0.4, 0.5) is 11.4 Å². The predicted octanol–water partition coefficient (Wildman–Crippen LogP) is 2.64. The fourth-order valence-corrected chi connectivity index (χ4v) is 3.40. The van der Waals surface area contributed by atoms with E-state index in [2.05, 4.69) is 20.1 Å². The Balaban J connectivity index is 1.63. The molecule has 24 heavy (non-hydrogen) atoms. The summed E-state index contributed by atoms with van der Waals surface area (Å²) in [6.07, 6.45) is 4.28. The third-order valence-corrected chi connectivity index (χ3v) is 4.75. The molecule has 2 aromatic rings. The number of aromatic nitrogens is 3. The van der Waals surface area contributed by atoms with Crippen molar-refractivity contribution in [1.29, 1.82) is 0 Å². The smallest absolute Gasteiger partial charge is 0.292 e. The van der Waals surface area contributed by atoms with Gasteiger partial charge in [0.1, 0.15) is 11.5 Å². The maximum atomic E-state index is 12.1. The molecule has 2 heterocycles. The van der Waals surface area contributed by atoms with E-state index in [4.69, 9.17) is 0 Å². The maximum absolute atomic E-state index is 12.1. The highest BCUT2D eigenvalue weighted by molar-refractivity contribution is 7.99. The Hall–Kier alpha value is -2.42. The highest BCUT2D eigenvalue weighted by atomic mass is 32.2. The van der Waals surface area contributed by atoms with Crippen LogP contribution < -0.4 is 5.32 Å². The van der Waals surface area contributed by atoms with E-state index in [1.165, 1.54) is 30.3 Å². The highest BCUT2D eigenvalue weighted by Crippen LogP contribution is 2.25. The zero-order valence-electron chi connectivity index (χ0n) is 13.0. The number of rotatable bonds is 5. The minimum atomic E-state index is -0.513. The lowest BCUT2D eigenvalue weighted by Gasteiger charge is -2.07. The molecule has 8 nitrogen and oxygen atoms in total. The SMILES string of the molecule is O=C(CSc1nnc2n1CCCCC2)Nc1ccccc1[N+](=O)[O-]. The first-order valence-corrected chi connectivity index (χ1v) is 8.72. The van der Waals surface area contributed by atoms with Crippen LogP contribution in [0.15, 0.2) is 29.4 Å². The van der Waals surface area contributed by atoms with Crippen molar-refractivity contribution in [3.05, 3.63) is 40.2 Å². The number of para-hydroxylation sites is 2. The Kier molecular flexibility index (Phi) is 5.09. The molecule has 0 aliphatic carbocycles. The van der Waals surface area contributed by atoms with Crippen LogP contribution in [0, 0.1) is 10.1 Å². The largest absolute Gasteiger partial charge is 0.320 e. The summed E-state index contributed by atoms with van der Waals surface area (Å²) in [5.74, 6) is 0.791. The van der Waals surface area contributed by atoms with Crippen molar-refractivity contribution in [2.45, 2.75) is 37.4 Å². The van der Waals surface area contributed by atoms with E-state index in [1.54, 1.807) is 12.1 Å². The van der Waals surface area contributed by atoms with E-state index in [0.29, 0.717) is 0 Å². The van der Waals surface area contributed by atoms with Crippen LogP contribution in [-0.2, 0) is 17.8 Å². The fraction of sp³-hybridized carbons (Fsp3) is 0.400. The van der Waals surface area contributed by atoms with Gasteiger partial charge in [0.15, 0.2) is 5.16 Å². The molecule has 1 aliphatic rings. The number of benzene rings is 1. The zero-order chi connectivity index (χ0) is 16.9. The van der Waals surface area contributed by atoms with Gasteiger partial charge in [-0.1, -0.05) is 30.3 Å². The van der Waals surface area contributed by atoms with Crippen molar-refractivity contribution in [3.8, 4) is 0 Å².